The monoisotopic (exact) mass is 250 g/mol. The molecule has 0 spiro atoms. The number of amides is 1. The van der Waals surface area contributed by atoms with Gasteiger partial charge in [-0.1, -0.05) is 19.3 Å². The first kappa shape index (κ1) is 13.1. The van der Waals surface area contributed by atoms with Crippen molar-refractivity contribution in [1.29, 1.82) is 0 Å². The molecule has 100 valence electrons. The maximum atomic E-state index is 12.2. The molecule has 1 aromatic heterocycles. The van der Waals surface area contributed by atoms with Crippen LogP contribution in [0.3, 0.4) is 0 Å². The zero-order chi connectivity index (χ0) is 13.1. The van der Waals surface area contributed by atoms with Crippen LogP contribution in [0.5, 0.6) is 0 Å². The van der Waals surface area contributed by atoms with Crippen molar-refractivity contribution in [2.24, 2.45) is 12.8 Å². The van der Waals surface area contributed by atoms with Crippen LogP contribution < -0.4 is 11.1 Å². The summed E-state index contributed by atoms with van der Waals surface area (Å²) in [4.78, 5) is 12.2. The zero-order valence-electron chi connectivity index (χ0n) is 11.1. The summed E-state index contributed by atoms with van der Waals surface area (Å²) >= 11 is 0. The second kappa shape index (κ2) is 5.52. The van der Waals surface area contributed by atoms with Crippen LogP contribution in [0.4, 0.5) is 0 Å². The van der Waals surface area contributed by atoms with E-state index in [4.69, 9.17) is 5.73 Å². The smallest absolute Gasteiger partial charge is 0.255 e. The van der Waals surface area contributed by atoms with Crippen LogP contribution in [0, 0.1) is 6.92 Å². The van der Waals surface area contributed by atoms with Gasteiger partial charge in [0.1, 0.15) is 0 Å². The molecule has 3 N–H and O–H groups in total. The summed E-state index contributed by atoms with van der Waals surface area (Å²) in [6, 6.07) is 0.174. The highest BCUT2D eigenvalue weighted by Crippen LogP contribution is 2.17. The van der Waals surface area contributed by atoms with E-state index < -0.39 is 0 Å². The minimum atomic E-state index is -0.0528. The van der Waals surface area contributed by atoms with Crippen molar-refractivity contribution in [2.75, 3.05) is 0 Å². The van der Waals surface area contributed by atoms with E-state index in [0.29, 0.717) is 5.56 Å². The number of hydrogen-bond acceptors (Lipinski definition) is 3. The Balaban J connectivity index is 2.04. The molecule has 2 unspecified atom stereocenters. The Morgan fingerprint density at radius 2 is 2.17 bits per heavy atom. The Morgan fingerprint density at radius 3 is 2.83 bits per heavy atom. The molecular formula is C13H22N4O. The Hall–Kier alpha value is -1.36. The van der Waals surface area contributed by atoms with Gasteiger partial charge in [-0.2, -0.15) is 5.10 Å². The fourth-order valence-electron chi connectivity index (χ4n) is 2.58. The summed E-state index contributed by atoms with van der Waals surface area (Å²) in [6.07, 6.45) is 7.26. The third kappa shape index (κ3) is 2.90. The number of aryl methyl sites for hydroxylation is 2. The summed E-state index contributed by atoms with van der Waals surface area (Å²) in [5.41, 5.74) is 7.52. The van der Waals surface area contributed by atoms with Gasteiger partial charge in [-0.05, 0) is 19.8 Å². The van der Waals surface area contributed by atoms with Crippen LogP contribution in [-0.2, 0) is 7.05 Å². The van der Waals surface area contributed by atoms with Gasteiger partial charge in [-0.3, -0.25) is 9.48 Å². The summed E-state index contributed by atoms with van der Waals surface area (Å²) in [5.74, 6) is -0.0528. The number of rotatable bonds is 2. The molecule has 0 radical (unpaired) electrons. The lowest BCUT2D eigenvalue weighted by Gasteiger charge is -2.22. The Morgan fingerprint density at radius 1 is 1.44 bits per heavy atom. The highest BCUT2D eigenvalue weighted by molar-refractivity contribution is 5.95. The third-order valence-corrected chi connectivity index (χ3v) is 3.64. The molecule has 1 heterocycles. The largest absolute Gasteiger partial charge is 0.348 e. The topological polar surface area (TPSA) is 72.9 Å². The average molecular weight is 250 g/mol. The molecule has 2 rings (SSSR count). The molecule has 1 aliphatic carbocycles. The molecule has 0 aromatic carbocycles. The van der Waals surface area contributed by atoms with Crippen LogP contribution in [-0.4, -0.2) is 27.8 Å². The quantitative estimate of drug-likeness (QED) is 0.772. The van der Waals surface area contributed by atoms with Gasteiger partial charge >= 0.3 is 0 Å². The summed E-state index contributed by atoms with van der Waals surface area (Å²) in [5, 5.41) is 7.25. The van der Waals surface area contributed by atoms with Crippen molar-refractivity contribution < 1.29 is 4.79 Å². The van der Waals surface area contributed by atoms with Crippen LogP contribution in [0.15, 0.2) is 6.20 Å². The normalized spacial score (nSPS) is 24.6. The lowest BCUT2D eigenvalue weighted by molar-refractivity contribution is 0.0928. The van der Waals surface area contributed by atoms with Gasteiger partial charge in [0.2, 0.25) is 0 Å². The Bertz CT molecular complexity index is 427. The molecule has 0 bridgehead atoms. The van der Waals surface area contributed by atoms with Crippen LogP contribution in [0.1, 0.15) is 48.2 Å². The fraction of sp³-hybridized carbons (Fsp3) is 0.692. The highest BCUT2D eigenvalue weighted by Gasteiger charge is 2.23. The molecule has 1 saturated carbocycles. The molecule has 1 aliphatic rings. The first-order valence-electron chi connectivity index (χ1n) is 6.64. The van der Waals surface area contributed by atoms with Crippen molar-refractivity contribution >= 4 is 5.91 Å². The van der Waals surface area contributed by atoms with E-state index in [1.165, 1.54) is 12.8 Å². The van der Waals surface area contributed by atoms with E-state index in [0.717, 1.165) is 25.0 Å². The van der Waals surface area contributed by atoms with Gasteiger partial charge in [0.15, 0.2) is 0 Å². The van der Waals surface area contributed by atoms with Crippen molar-refractivity contribution in [1.82, 2.24) is 15.1 Å². The molecular weight excluding hydrogens is 228 g/mol. The molecule has 1 aromatic rings. The van der Waals surface area contributed by atoms with Crippen LogP contribution in [0.2, 0.25) is 0 Å². The number of nitrogens with zero attached hydrogens (tertiary/aromatic N) is 2. The molecule has 18 heavy (non-hydrogen) atoms. The van der Waals surface area contributed by atoms with Gasteiger partial charge in [0, 0.05) is 25.3 Å². The van der Waals surface area contributed by atoms with E-state index in [1.54, 1.807) is 10.9 Å². The molecule has 1 amide bonds. The molecule has 5 nitrogen and oxygen atoms in total. The standard InChI is InChI=1S/C13H22N4O/c1-9-10(8-17(2)16-9)13(18)15-12-7-5-3-4-6-11(12)14/h8,11-12H,3-7,14H2,1-2H3,(H,15,18). The van der Waals surface area contributed by atoms with E-state index >= 15 is 0 Å². The second-order valence-electron chi connectivity index (χ2n) is 5.18. The van der Waals surface area contributed by atoms with Gasteiger partial charge < -0.3 is 11.1 Å². The van der Waals surface area contributed by atoms with Gasteiger partial charge in [-0.25, -0.2) is 0 Å². The Labute approximate surface area is 108 Å². The van der Waals surface area contributed by atoms with Crippen LogP contribution in [0.25, 0.3) is 0 Å². The van der Waals surface area contributed by atoms with Gasteiger partial charge in [-0.15, -0.1) is 0 Å². The fourth-order valence-corrected chi connectivity index (χ4v) is 2.58. The zero-order valence-corrected chi connectivity index (χ0v) is 11.1. The molecule has 0 saturated heterocycles. The van der Waals surface area contributed by atoms with Gasteiger partial charge in [0.05, 0.1) is 11.3 Å². The molecule has 0 aliphatic heterocycles. The minimum Gasteiger partial charge on any atom is -0.348 e. The maximum absolute atomic E-state index is 12.2. The van der Waals surface area contributed by atoms with Gasteiger partial charge in [0.25, 0.3) is 5.91 Å². The van der Waals surface area contributed by atoms with E-state index in [1.807, 2.05) is 14.0 Å². The summed E-state index contributed by atoms with van der Waals surface area (Å²) in [7, 11) is 1.82. The predicted molar refractivity (Wildman–Crippen MR) is 70.3 cm³/mol. The van der Waals surface area contributed by atoms with Crippen LogP contribution >= 0.6 is 0 Å². The second-order valence-corrected chi connectivity index (χ2v) is 5.18. The summed E-state index contributed by atoms with van der Waals surface area (Å²) < 4.78 is 1.66. The number of nitrogens with one attached hydrogen (secondary N) is 1. The first-order valence-corrected chi connectivity index (χ1v) is 6.64. The predicted octanol–water partition coefficient (Wildman–Crippen LogP) is 1.12. The van der Waals surface area contributed by atoms with Crippen molar-refractivity contribution in [2.45, 2.75) is 51.1 Å². The first-order chi connectivity index (χ1) is 8.58. The van der Waals surface area contributed by atoms with Crippen molar-refractivity contribution in [3.8, 4) is 0 Å². The van der Waals surface area contributed by atoms with Crippen molar-refractivity contribution in [3.63, 3.8) is 0 Å². The maximum Gasteiger partial charge on any atom is 0.255 e. The highest BCUT2D eigenvalue weighted by atomic mass is 16.1. The van der Waals surface area contributed by atoms with E-state index in [-0.39, 0.29) is 18.0 Å². The average Bonchev–Trinajstić information content (AvgIpc) is 2.52. The number of carbonyl (C=O) groups excluding carboxylic acids is 1. The molecule has 5 heteroatoms. The lowest BCUT2D eigenvalue weighted by atomic mass is 10.0. The van der Waals surface area contributed by atoms with E-state index in [9.17, 15) is 4.79 Å². The third-order valence-electron chi connectivity index (χ3n) is 3.64. The Kier molecular flexibility index (Phi) is 4.01. The minimum absolute atomic E-state index is 0.0528. The SMILES string of the molecule is Cc1nn(C)cc1C(=O)NC1CCCCCC1N. The summed E-state index contributed by atoms with van der Waals surface area (Å²) in [6.45, 7) is 1.85. The number of nitrogens with two attached hydrogens (primary N) is 1. The number of carbonyl (C=O) groups is 1. The molecule has 2 atom stereocenters. The molecule has 1 fully saturated rings. The number of aromatic nitrogens is 2. The van der Waals surface area contributed by atoms with E-state index in [2.05, 4.69) is 10.4 Å². The van der Waals surface area contributed by atoms with Crippen molar-refractivity contribution in [3.05, 3.63) is 17.5 Å². The number of hydrogen-bond donors (Lipinski definition) is 2. The lowest BCUT2D eigenvalue weighted by Crippen LogP contribution is -2.47.